The molecule has 5 nitrogen and oxygen atoms in total. The van der Waals surface area contributed by atoms with Gasteiger partial charge in [-0.3, -0.25) is 5.43 Å². The third-order valence-corrected chi connectivity index (χ3v) is 3.90. The van der Waals surface area contributed by atoms with Gasteiger partial charge in [-0.1, -0.05) is 34.8 Å². The second-order valence-electron chi connectivity index (χ2n) is 4.57. The molecule has 0 fully saturated rings. The van der Waals surface area contributed by atoms with E-state index in [9.17, 15) is 0 Å². The second-order valence-corrected chi connectivity index (χ2v) is 5.82. The van der Waals surface area contributed by atoms with E-state index in [1.165, 1.54) is 0 Å². The first-order valence-corrected chi connectivity index (χ1v) is 7.87. The maximum atomic E-state index is 6.09. The molecule has 0 heterocycles. The maximum absolute atomic E-state index is 6.09. The molecule has 0 aliphatic carbocycles. The van der Waals surface area contributed by atoms with E-state index in [0.717, 1.165) is 5.56 Å². The summed E-state index contributed by atoms with van der Waals surface area (Å²) in [5.41, 5.74) is 3.99. The summed E-state index contributed by atoms with van der Waals surface area (Å²) in [5, 5.41) is 5.32. The normalized spacial score (nSPS) is 10.8. The molecule has 0 unspecified atom stereocenters. The van der Waals surface area contributed by atoms with E-state index in [1.54, 1.807) is 51.8 Å². The minimum atomic E-state index is 0.370. The Morgan fingerprint density at radius 1 is 0.875 bits per heavy atom. The van der Waals surface area contributed by atoms with Gasteiger partial charge in [0, 0.05) is 10.6 Å². The Bertz CT molecular complexity index is 718. The Labute approximate surface area is 155 Å². The van der Waals surface area contributed by atoms with Crippen molar-refractivity contribution in [1.29, 1.82) is 0 Å². The molecule has 0 saturated heterocycles. The number of hydrazone groups is 1. The van der Waals surface area contributed by atoms with Crippen LogP contribution in [0.5, 0.6) is 17.2 Å². The van der Waals surface area contributed by atoms with Gasteiger partial charge in [0.05, 0.1) is 43.3 Å². The van der Waals surface area contributed by atoms with Crippen LogP contribution in [0.15, 0.2) is 29.4 Å². The van der Waals surface area contributed by atoms with E-state index in [2.05, 4.69) is 10.5 Å². The predicted molar refractivity (Wildman–Crippen MR) is 98.8 cm³/mol. The van der Waals surface area contributed by atoms with Crippen LogP contribution in [0, 0.1) is 0 Å². The van der Waals surface area contributed by atoms with Crippen molar-refractivity contribution in [3.63, 3.8) is 0 Å². The molecule has 0 atom stereocenters. The standard InChI is InChI=1S/C16H15Cl3N2O3/c1-22-13-4-9(5-14(23-2)16(13)24-3)8-20-21-15-11(18)6-10(17)7-12(15)19/h4-8,21H,1-3H3. The summed E-state index contributed by atoms with van der Waals surface area (Å²) < 4.78 is 15.9. The molecule has 0 amide bonds. The Morgan fingerprint density at radius 3 is 1.88 bits per heavy atom. The van der Waals surface area contributed by atoms with E-state index in [-0.39, 0.29) is 0 Å². The number of methoxy groups -OCH3 is 3. The zero-order valence-electron chi connectivity index (χ0n) is 13.2. The summed E-state index contributed by atoms with van der Waals surface area (Å²) >= 11 is 18.1. The topological polar surface area (TPSA) is 52.1 Å². The van der Waals surface area contributed by atoms with Crippen molar-refractivity contribution >= 4 is 46.7 Å². The Kier molecular flexibility index (Phi) is 6.43. The summed E-state index contributed by atoms with van der Waals surface area (Å²) in [7, 11) is 4.63. The van der Waals surface area contributed by atoms with Crippen LogP contribution in [0.2, 0.25) is 15.1 Å². The SMILES string of the molecule is COc1cc(C=NNc2c(Cl)cc(Cl)cc2Cl)cc(OC)c1OC. The van der Waals surface area contributed by atoms with Gasteiger partial charge in [0.25, 0.3) is 0 Å². The summed E-state index contributed by atoms with van der Waals surface area (Å²) in [6.45, 7) is 0. The summed E-state index contributed by atoms with van der Waals surface area (Å²) in [6, 6.07) is 6.67. The van der Waals surface area contributed by atoms with E-state index in [4.69, 9.17) is 49.0 Å². The number of nitrogens with one attached hydrogen (secondary N) is 1. The van der Waals surface area contributed by atoms with Crippen LogP contribution in [0.4, 0.5) is 5.69 Å². The van der Waals surface area contributed by atoms with Crippen LogP contribution >= 0.6 is 34.8 Å². The molecule has 1 N–H and O–H groups in total. The fourth-order valence-electron chi connectivity index (χ4n) is 2.00. The van der Waals surface area contributed by atoms with Gasteiger partial charge < -0.3 is 14.2 Å². The number of nitrogens with zero attached hydrogens (tertiary/aromatic N) is 1. The van der Waals surface area contributed by atoms with Crippen LogP contribution < -0.4 is 19.6 Å². The molecule has 128 valence electrons. The number of anilines is 1. The van der Waals surface area contributed by atoms with Gasteiger partial charge in [-0.05, 0) is 24.3 Å². The zero-order valence-corrected chi connectivity index (χ0v) is 15.5. The van der Waals surface area contributed by atoms with E-state index in [0.29, 0.717) is 38.0 Å². The summed E-state index contributed by atoms with van der Waals surface area (Å²) in [6.07, 6.45) is 1.58. The lowest BCUT2D eigenvalue weighted by Crippen LogP contribution is -1.98. The van der Waals surface area contributed by atoms with Crippen molar-refractivity contribution in [1.82, 2.24) is 0 Å². The molecule has 2 rings (SSSR count). The molecule has 8 heteroatoms. The first-order chi connectivity index (χ1) is 11.5. The highest BCUT2D eigenvalue weighted by atomic mass is 35.5. The molecule has 0 aliphatic rings. The number of rotatable bonds is 6. The smallest absolute Gasteiger partial charge is 0.203 e. The number of hydrogen-bond donors (Lipinski definition) is 1. The van der Waals surface area contributed by atoms with Crippen molar-refractivity contribution in [2.45, 2.75) is 0 Å². The van der Waals surface area contributed by atoms with Crippen molar-refractivity contribution in [3.05, 3.63) is 44.9 Å². The molecule has 0 spiro atoms. The highest BCUT2D eigenvalue weighted by molar-refractivity contribution is 6.41. The molecule has 0 aliphatic heterocycles. The zero-order chi connectivity index (χ0) is 17.7. The largest absolute Gasteiger partial charge is 0.493 e. The van der Waals surface area contributed by atoms with Gasteiger partial charge in [0.15, 0.2) is 11.5 Å². The van der Waals surface area contributed by atoms with Crippen LogP contribution in [0.3, 0.4) is 0 Å². The minimum Gasteiger partial charge on any atom is -0.493 e. The number of halogens is 3. The summed E-state index contributed by atoms with van der Waals surface area (Å²) in [4.78, 5) is 0. The number of benzene rings is 2. The lowest BCUT2D eigenvalue weighted by molar-refractivity contribution is 0.324. The van der Waals surface area contributed by atoms with Crippen molar-refractivity contribution in [2.24, 2.45) is 5.10 Å². The summed E-state index contributed by atoms with van der Waals surface area (Å²) in [5.74, 6) is 1.57. The molecule has 0 bridgehead atoms. The third kappa shape index (κ3) is 4.17. The minimum absolute atomic E-state index is 0.370. The maximum Gasteiger partial charge on any atom is 0.203 e. The fraction of sp³-hybridized carbons (Fsp3) is 0.188. The molecule has 24 heavy (non-hydrogen) atoms. The van der Waals surface area contributed by atoms with E-state index in [1.807, 2.05) is 0 Å². The van der Waals surface area contributed by atoms with Gasteiger partial charge in [-0.15, -0.1) is 0 Å². The van der Waals surface area contributed by atoms with Gasteiger partial charge in [0.1, 0.15) is 0 Å². The van der Waals surface area contributed by atoms with Crippen LogP contribution in [0.25, 0.3) is 0 Å². The fourth-order valence-corrected chi connectivity index (χ4v) is 2.90. The molecule has 2 aromatic rings. The Morgan fingerprint density at radius 2 is 1.42 bits per heavy atom. The Balaban J connectivity index is 2.27. The van der Waals surface area contributed by atoms with Gasteiger partial charge in [0.2, 0.25) is 5.75 Å². The van der Waals surface area contributed by atoms with Crippen LogP contribution in [0.1, 0.15) is 5.56 Å². The van der Waals surface area contributed by atoms with E-state index >= 15 is 0 Å². The average molecular weight is 390 g/mol. The molecule has 0 saturated carbocycles. The first kappa shape index (κ1) is 18.5. The molecule has 2 aromatic carbocycles. The Hall–Kier alpha value is -1.82. The second kappa shape index (κ2) is 8.33. The lowest BCUT2D eigenvalue weighted by Gasteiger charge is -2.12. The van der Waals surface area contributed by atoms with Crippen molar-refractivity contribution in [2.75, 3.05) is 26.8 Å². The van der Waals surface area contributed by atoms with Gasteiger partial charge >= 0.3 is 0 Å². The van der Waals surface area contributed by atoms with Gasteiger partial charge in [-0.2, -0.15) is 5.10 Å². The van der Waals surface area contributed by atoms with Gasteiger partial charge in [-0.25, -0.2) is 0 Å². The highest BCUT2D eigenvalue weighted by Gasteiger charge is 2.12. The molecule has 0 radical (unpaired) electrons. The third-order valence-electron chi connectivity index (χ3n) is 3.08. The predicted octanol–water partition coefficient (Wildman–Crippen LogP) is 5.12. The molecular formula is C16H15Cl3N2O3. The monoisotopic (exact) mass is 388 g/mol. The van der Waals surface area contributed by atoms with Crippen molar-refractivity contribution in [3.8, 4) is 17.2 Å². The molecule has 0 aromatic heterocycles. The lowest BCUT2D eigenvalue weighted by atomic mass is 10.2. The van der Waals surface area contributed by atoms with Crippen LogP contribution in [-0.2, 0) is 0 Å². The first-order valence-electron chi connectivity index (χ1n) is 6.73. The van der Waals surface area contributed by atoms with Crippen LogP contribution in [-0.4, -0.2) is 27.5 Å². The number of hydrogen-bond acceptors (Lipinski definition) is 5. The van der Waals surface area contributed by atoms with Crippen molar-refractivity contribution < 1.29 is 14.2 Å². The molecular weight excluding hydrogens is 375 g/mol. The highest BCUT2D eigenvalue weighted by Crippen LogP contribution is 2.38. The van der Waals surface area contributed by atoms with E-state index < -0.39 is 0 Å². The average Bonchev–Trinajstić information content (AvgIpc) is 2.56. The number of ether oxygens (including phenoxy) is 3. The quantitative estimate of drug-likeness (QED) is 0.550.